The Balaban J connectivity index is 1.97. The summed E-state index contributed by atoms with van der Waals surface area (Å²) in [4.78, 5) is 13.0. The molecule has 1 aliphatic carbocycles. The smallest absolute Gasteiger partial charge is 0.214 e. The summed E-state index contributed by atoms with van der Waals surface area (Å²) in [5.41, 5.74) is 0.641. The van der Waals surface area contributed by atoms with Crippen LogP contribution in [0.25, 0.3) is 5.69 Å². The van der Waals surface area contributed by atoms with Crippen molar-refractivity contribution >= 4 is 5.78 Å². The maximum Gasteiger partial charge on any atom is 0.214 e. The number of nitrogens with zero attached hydrogens (tertiary/aromatic N) is 3. The quantitative estimate of drug-likeness (QED) is 0.793. The minimum Gasteiger partial charge on any atom is -0.367 e. The average molecular weight is 285 g/mol. The highest BCUT2D eigenvalue weighted by Gasteiger charge is 2.43. The van der Waals surface area contributed by atoms with Crippen LogP contribution in [0.1, 0.15) is 43.1 Å². The van der Waals surface area contributed by atoms with Crippen molar-refractivity contribution in [2.45, 2.75) is 38.2 Å². The largest absolute Gasteiger partial charge is 0.367 e. The molecule has 1 fully saturated rings. The van der Waals surface area contributed by atoms with Gasteiger partial charge in [0.15, 0.2) is 0 Å². The van der Waals surface area contributed by atoms with E-state index in [0.717, 1.165) is 31.4 Å². The van der Waals surface area contributed by atoms with Crippen LogP contribution in [0.3, 0.4) is 0 Å². The van der Waals surface area contributed by atoms with Gasteiger partial charge in [0, 0.05) is 6.61 Å². The highest BCUT2D eigenvalue weighted by Crippen LogP contribution is 2.36. The summed E-state index contributed by atoms with van der Waals surface area (Å²) in [6, 6.07) is 9.58. The summed E-state index contributed by atoms with van der Waals surface area (Å²) < 4.78 is 7.45. The number of benzene rings is 1. The van der Waals surface area contributed by atoms with Gasteiger partial charge in [-0.25, -0.2) is 4.68 Å². The Morgan fingerprint density at radius 2 is 2.00 bits per heavy atom. The van der Waals surface area contributed by atoms with Crippen LogP contribution in [0.2, 0.25) is 0 Å². The highest BCUT2D eigenvalue weighted by molar-refractivity contribution is 6.01. The SMILES string of the molecule is CCOC1(C(=O)c2cnnn2-c2ccccc2)CCCC1. The molecule has 5 nitrogen and oxygen atoms in total. The number of hydrogen-bond donors (Lipinski definition) is 0. The number of ketones is 1. The first-order valence-electron chi connectivity index (χ1n) is 7.42. The van der Waals surface area contributed by atoms with E-state index in [4.69, 9.17) is 4.74 Å². The number of rotatable bonds is 5. The molecule has 3 rings (SSSR count). The number of Topliss-reactive ketones (excluding diaryl/α,β-unsaturated/α-hetero) is 1. The lowest BCUT2D eigenvalue weighted by Gasteiger charge is -2.27. The summed E-state index contributed by atoms with van der Waals surface area (Å²) in [6.07, 6.45) is 5.14. The molecule has 0 atom stereocenters. The number of aromatic nitrogens is 3. The lowest BCUT2D eigenvalue weighted by molar-refractivity contribution is -0.0169. The zero-order valence-corrected chi connectivity index (χ0v) is 12.2. The van der Waals surface area contributed by atoms with Crippen LogP contribution in [0.5, 0.6) is 0 Å². The number of para-hydroxylation sites is 1. The molecule has 2 aromatic rings. The Morgan fingerprint density at radius 1 is 1.29 bits per heavy atom. The van der Waals surface area contributed by atoms with Gasteiger partial charge in [0.25, 0.3) is 0 Å². The fourth-order valence-corrected chi connectivity index (χ4v) is 3.04. The lowest BCUT2D eigenvalue weighted by Crippen LogP contribution is -2.40. The van der Waals surface area contributed by atoms with E-state index in [-0.39, 0.29) is 5.78 Å². The van der Waals surface area contributed by atoms with Crippen molar-refractivity contribution in [2.24, 2.45) is 0 Å². The Bertz CT molecular complexity index is 615. The van der Waals surface area contributed by atoms with Crippen molar-refractivity contribution in [3.63, 3.8) is 0 Å². The minimum absolute atomic E-state index is 0.00398. The second-order valence-corrected chi connectivity index (χ2v) is 5.33. The maximum atomic E-state index is 13.0. The Kier molecular flexibility index (Phi) is 3.84. The molecule has 0 aliphatic heterocycles. The Morgan fingerprint density at radius 3 is 2.67 bits per heavy atom. The summed E-state index contributed by atoms with van der Waals surface area (Å²) in [7, 11) is 0. The van der Waals surface area contributed by atoms with E-state index in [1.54, 1.807) is 4.68 Å². The number of ether oxygens (including phenoxy) is 1. The molecule has 1 aromatic carbocycles. The zero-order valence-electron chi connectivity index (χ0n) is 12.2. The highest BCUT2D eigenvalue weighted by atomic mass is 16.5. The summed E-state index contributed by atoms with van der Waals surface area (Å²) >= 11 is 0. The molecule has 5 heteroatoms. The third kappa shape index (κ3) is 2.49. The van der Waals surface area contributed by atoms with Gasteiger partial charge in [-0.15, -0.1) is 5.10 Å². The molecule has 110 valence electrons. The average Bonchev–Trinajstić information content (AvgIpc) is 3.17. The topological polar surface area (TPSA) is 57.0 Å². The predicted octanol–water partition coefficient (Wildman–Crippen LogP) is 2.80. The molecule has 0 bridgehead atoms. The van der Waals surface area contributed by atoms with Gasteiger partial charge in [-0.05, 0) is 44.7 Å². The van der Waals surface area contributed by atoms with Crippen molar-refractivity contribution in [2.75, 3.05) is 6.61 Å². The zero-order chi connectivity index (χ0) is 14.7. The molecule has 0 N–H and O–H groups in total. The summed E-state index contributed by atoms with van der Waals surface area (Å²) in [6.45, 7) is 2.47. The standard InChI is InChI=1S/C16H19N3O2/c1-2-21-16(10-6-7-11-16)15(20)14-12-17-18-19(14)13-8-4-3-5-9-13/h3-5,8-9,12H,2,6-7,10-11H2,1H3. The first kappa shape index (κ1) is 13.9. The fraction of sp³-hybridized carbons (Fsp3) is 0.438. The van der Waals surface area contributed by atoms with Gasteiger partial charge < -0.3 is 4.74 Å². The Labute approximate surface area is 123 Å². The van der Waals surface area contributed by atoms with Gasteiger partial charge in [-0.3, -0.25) is 4.79 Å². The number of carbonyl (C=O) groups is 1. The lowest BCUT2D eigenvalue weighted by atomic mass is 9.94. The van der Waals surface area contributed by atoms with Gasteiger partial charge in [-0.2, -0.15) is 0 Å². The van der Waals surface area contributed by atoms with Gasteiger partial charge >= 0.3 is 0 Å². The molecule has 0 spiro atoms. The van der Waals surface area contributed by atoms with Crippen molar-refractivity contribution in [3.05, 3.63) is 42.2 Å². The molecular weight excluding hydrogens is 266 g/mol. The summed E-state index contributed by atoms with van der Waals surface area (Å²) in [5, 5.41) is 7.98. The second kappa shape index (κ2) is 5.77. The molecule has 0 radical (unpaired) electrons. The van der Waals surface area contributed by atoms with E-state index in [0.29, 0.717) is 12.3 Å². The number of carbonyl (C=O) groups excluding carboxylic acids is 1. The van der Waals surface area contributed by atoms with Gasteiger partial charge in [0.05, 0.1) is 11.9 Å². The van der Waals surface area contributed by atoms with Crippen LogP contribution in [0.15, 0.2) is 36.5 Å². The van der Waals surface area contributed by atoms with Crippen LogP contribution in [0.4, 0.5) is 0 Å². The third-order valence-electron chi connectivity index (χ3n) is 4.03. The first-order valence-corrected chi connectivity index (χ1v) is 7.42. The van der Waals surface area contributed by atoms with Crippen LogP contribution < -0.4 is 0 Å². The van der Waals surface area contributed by atoms with Gasteiger partial charge in [-0.1, -0.05) is 23.4 Å². The van der Waals surface area contributed by atoms with E-state index in [9.17, 15) is 4.79 Å². The van der Waals surface area contributed by atoms with E-state index in [2.05, 4.69) is 10.3 Å². The molecular formula is C16H19N3O2. The molecule has 1 heterocycles. The fourth-order valence-electron chi connectivity index (χ4n) is 3.04. The number of hydrogen-bond acceptors (Lipinski definition) is 4. The van der Waals surface area contributed by atoms with Crippen molar-refractivity contribution in [1.29, 1.82) is 0 Å². The normalized spacial score (nSPS) is 17.0. The molecule has 0 amide bonds. The second-order valence-electron chi connectivity index (χ2n) is 5.33. The van der Waals surface area contributed by atoms with Gasteiger partial charge in [0.1, 0.15) is 11.3 Å². The van der Waals surface area contributed by atoms with Crippen molar-refractivity contribution in [3.8, 4) is 5.69 Å². The maximum absolute atomic E-state index is 13.0. The molecule has 21 heavy (non-hydrogen) atoms. The molecule has 0 unspecified atom stereocenters. The van der Waals surface area contributed by atoms with Crippen LogP contribution in [-0.2, 0) is 4.74 Å². The van der Waals surface area contributed by atoms with E-state index in [1.807, 2.05) is 37.3 Å². The van der Waals surface area contributed by atoms with Crippen LogP contribution >= 0.6 is 0 Å². The molecule has 1 aromatic heterocycles. The monoisotopic (exact) mass is 285 g/mol. The summed E-state index contributed by atoms with van der Waals surface area (Å²) in [5.74, 6) is -0.00398. The first-order chi connectivity index (χ1) is 10.3. The van der Waals surface area contributed by atoms with Crippen molar-refractivity contribution < 1.29 is 9.53 Å². The third-order valence-corrected chi connectivity index (χ3v) is 4.03. The molecule has 1 saturated carbocycles. The van der Waals surface area contributed by atoms with Crippen LogP contribution in [0, 0.1) is 0 Å². The molecule has 0 saturated heterocycles. The molecule has 1 aliphatic rings. The van der Waals surface area contributed by atoms with Gasteiger partial charge in [0.2, 0.25) is 5.78 Å². The van der Waals surface area contributed by atoms with Crippen LogP contribution in [-0.4, -0.2) is 33.0 Å². The predicted molar refractivity (Wildman–Crippen MR) is 78.5 cm³/mol. The van der Waals surface area contributed by atoms with Crippen molar-refractivity contribution in [1.82, 2.24) is 15.0 Å². The van der Waals surface area contributed by atoms with E-state index < -0.39 is 5.60 Å². The Hall–Kier alpha value is -2.01. The van der Waals surface area contributed by atoms with E-state index in [1.165, 1.54) is 6.20 Å². The minimum atomic E-state index is -0.691. The van der Waals surface area contributed by atoms with E-state index >= 15 is 0 Å².